The van der Waals surface area contributed by atoms with Gasteiger partial charge in [-0.3, -0.25) is 0 Å². The topological polar surface area (TPSA) is 131 Å². The van der Waals surface area contributed by atoms with Crippen LogP contribution in [0, 0.1) is 0 Å². The predicted molar refractivity (Wildman–Crippen MR) is 152 cm³/mol. The molecule has 12 heteroatoms. The minimum Gasteiger partial charge on any atom is -0.324 e. The van der Waals surface area contributed by atoms with Crippen molar-refractivity contribution in [3.8, 4) is 22.5 Å². The Labute approximate surface area is 237 Å². The minimum absolute atomic E-state index is 0.0137. The van der Waals surface area contributed by atoms with Gasteiger partial charge in [-0.2, -0.15) is 18.7 Å². The van der Waals surface area contributed by atoms with E-state index in [1.807, 2.05) is 53.1 Å². The summed E-state index contributed by atoms with van der Waals surface area (Å²) in [5, 5.41) is 18.7. The van der Waals surface area contributed by atoms with Crippen LogP contribution in [0.5, 0.6) is 0 Å². The number of rotatable bonds is 11. The molecule has 10 nitrogen and oxygen atoms in total. The first-order valence-corrected chi connectivity index (χ1v) is 14.6. The monoisotopic (exact) mass is 574 g/mol. The number of nitrogens with zero attached hydrogens (tertiary/aromatic N) is 7. The van der Waals surface area contributed by atoms with Gasteiger partial charge in [-0.05, 0) is 40.5 Å². The van der Waals surface area contributed by atoms with Crippen LogP contribution in [0.25, 0.3) is 22.5 Å². The molecule has 5 rings (SSSR count). The molecule has 0 fully saturated rings. The van der Waals surface area contributed by atoms with Crippen LogP contribution in [0.15, 0.2) is 93.4 Å². The van der Waals surface area contributed by atoms with Crippen molar-refractivity contribution in [1.29, 1.82) is 0 Å². The van der Waals surface area contributed by atoms with Crippen molar-refractivity contribution in [3.63, 3.8) is 0 Å². The number of aromatic amines is 1. The van der Waals surface area contributed by atoms with Crippen molar-refractivity contribution in [1.82, 2.24) is 30.2 Å². The number of aromatic nitrogens is 6. The number of tetrazole rings is 1. The van der Waals surface area contributed by atoms with Gasteiger partial charge in [-0.15, -0.1) is 10.2 Å². The molecule has 0 unspecified atom stereocenters. The van der Waals surface area contributed by atoms with Crippen molar-refractivity contribution in [2.24, 2.45) is 9.63 Å². The first-order valence-electron chi connectivity index (χ1n) is 12.8. The Morgan fingerprint density at radius 1 is 0.950 bits per heavy atom. The summed E-state index contributed by atoms with van der Waals surface area (Å²) >= 11 is 6.53. The zero-order chi connectivity index (χ0) is 28.0. The van der Waals surface area contributed by atoms with E-state index in [1.165, 1.54) is 12.1 Å². The molecule has 2 heterocycles. The normalized spacial score (nSPS) is 11.8. The summed E-state index contributed by atoms with van der Waals surface area (Å²) in [7, 11) is -3.90. The molecule has 2 aromatic heterocycles. The van der Waals surface area contributed by atoms with E-state index >= 15 is 0 Å². The second kappa shape index (κ2) is 12.3. The Hall–Kier alpha value is -4.22. The fraction of sp³-hybridized carbons (Fsp3) is 0.214. The number of aryl methyl sites for hydroxylation is 1. The highest BCUT2D eigenvalue weighted by molar-refractivity contribution is 7.90. The molecular weight excluding hydrogens is 548 g/mol. The van der Waals surface area contributed by atoms with Gasteiger partial charge >= 0.3 is 0 Å². The zero-order valence-corrected chi connectivity index (χ0v) is 23.3. The number of halogens is 1. The first-order chi connectivity index (χ1) is 19.5. The SMILES string of the molecule is CCCCc1nc(Cl)c(CN=NS(=O)(=O)c2ccccc2)n1Cc1ccc(-c2ccccc2-c2nn[nH]n2)cc1. The average molecular weight is 575 g/mol. The third-order valence-corrected chi connectivity index (χ3v) is 7.90. The summed E-state index contributed by atoms with van der Waals surface area (Å²) in [4.78, 5) is 4.66. The molecule has 204 valence electrons. The number of benzene rings is 3. The van der Waals surface area contributed by atoms with Crippen LogP contribution in [-0.4, -0.2) is 38.6 Å². The number of nitrogens with one attached hydrogen (secondary N) is 1. The van der Waals surface area contributed by atoms with Gasteiger partial charge in [-0.25, -0.2) is 4.98 Å². The molecule has 0 aliphatic heterocycles. The highest BCUT2D eigenvalue weighted by atomic mass is 35.5. The summed E-state index contributed by atoms with van der Waals surface area (Å²) in [6.07, 6.45) is 2.69. The standard InChI is InChI=1S/C28H27ClN8O2S/c1-2-3-13-26-31-27(29)25(18-30-36-40(38,39)22-9-5-4-6-10-22)37(26)19-20-14-16-21(17-15-20)23-11-7-8-12-24(23)28-32-34-35-33-28/h4-12,14-17H,2-3,13,18-19H2,1H3,(H,32,33,34,35). The molecule has 1 N–H and O–H groups in total. The molecule has 0 aliphatic rings. The molecule has 0 radical (unpaired) electrons. The van der Waals surface area contributed by atoms with Crippen molar-refractivity contribution < 1.29 is 8.42 Å². The van der Waals surface area contributed by atoms with Gasteiger partial charge in [0.15, 0.2) is 5.15 Å². The van der Waals surface area contributed by atoms with Gasteiger partial charge in [0.2, 0.25) is 5.82 Å². The van der Waals surface area contributed by atoms with Gasteiger partial charge in [0, 0.05) is 18.5 Å². The summed E-state index contributed by atoms with van der Waals surface area (Å²) in [5.74, 6) is 1.36. The molecule has 0 saturated carbocycles. The minimum atomic E-state index is -3.90. The quantitative estimate of drug-likeness (QED) is 0.189. The molecular formula is C28H27ClN8O2S. The first kappa shape index (κ1) is 27.4. The number of sulfonamides is 1. The van der Waals surface area contributed by atoms with Crippen LogP contribution < -0.4 is 0 Å². The van der Waals surface area contributed by atoms with Crippen LogP contribution in [0.1, 0.15) is 36.8 Å². The molecule has 0 saturated heterocycles. The van der Waals surface area contributed by atoms with Crippen LogP contribution in [0.3, 0.4) is 0 Å². The number of hydrogen-bond donors (Lipinski definition) is 1. The Morgan fingerprint density at radius 3 is 2.38 bits per heavy atom. The van der Waals surface area contributed by atoms with E-state index in [0.717, 1.165) is 47.3 Å². The van der Waals surface area contributed by atoms with E-state index in [9.17, 15) is 8.42 Å². The maximum absolute atomic E-state index is 12.5. The Balaban J connectivity index is 1.41. The Bertz CT molecular complexity index is 1700. The highest BCUT2D eigenvalue weighted by Gasteiger charge is 2.18. The van der Waals surface area contributed by atoms with Gasteiger partial charge in [-0.1, -0.05) is 96.2 Å². The predicted octanol–water partition coefficient (Wildman–Crippen LogP) is 6.12. The molecule has 0 aliphatic carbocycles. The Kier molecular flexibility index (Phi) is 8.42. The van der Waals surface area contributed by atoms with Crippen molar-refractivity contribution in [3.05, 3.63) is 101 Å². The van der Waals surface area contributed by atoms with Crippen LogP contribution >= 0.6 is 11.6 Å². The molecule has 0 amide bonds. The van der Waals surface area contributed by atoms with Gasteiger partial charge in [0.25, 0.3) is 10.0 Å². The lowest BCUT2D eigenvalue weighted by Crippen LogP contribution is -2.09. The lowest BCUT2D eigenvalue weighted by atomic mass is 9.98. The van der Waals surface area contributed by atoms with E-state index in [4.69, 9.17) is 11.6 Å². The molecule has 5 aromatic rings. The third-order valence-electron chi connectivity index (χ3n) is 6.40. The van der Waals surface area contributed by atoms with E-state index in [-0.39, 0.29) is 11.4 Å². The molecule has 3 aromatic carbocycles. The molecule has 0 atom stereocenters. The fourth-order valence-electron chi connectivity index (χ4n) is 4.36. The van der Waals surface area contributed by atoms with Crippen LogP contribution in [0.2, 0.25) is 5.15 Å². The van der Waals surface area contributed by atoms with E-state index in [0.29, 0.717) is 23.2 Å². The maximum atomic E-state index is 12.5. The maximum Gasteiger partial charge on any atom is 0.299 e. The van der Waals surface area contributed by atoms with Crippen LogP contribution in [-0.2, 0) is 29.5 Å². The van der Waals surface area contributed by atoms with E-state index in [2.05, 4.69) is 42.2 Å². The second-order valence-corrected chi connectivity index (χ2v) is 11.0. The molecule has 40 heavy (non-hydrogen) atoms. The largest absolute Gasteiger partial charge is 0.324 e. The van der Waals surface area contributed by atoms with Crippen LogP contribution in [0.4, 0.5) is 0 Å². The van der Waals surface area contributed by atoms with Crippen molar-refractivity contribution in [2.75, 3.05) is 0 Å². The van der Waals surface area contributed by atoms with E-state index in [1.54, 1.807) is 18.2 Å². The summed E-state index contributed by atoms with van der Waals surface area (Å²) < 4.78 is 30.7. The smallest absolute Gasteiger partial charge is 0.299 e. The van der Waals surface area contributed by atoms with Gasteiger partial charge < -0.3 is 4.57 Å². The Morgan fingerprint density at radius 2 is 1.68 bits per heavy atom. The molecule has 0 bridgehead atoms. The lowest BCUT2D eigenvalue weighted by molar-refractivity contribution is 0.593. The number of unbranched alkanes of at least 4 members (excludes halogenated alkanes) is 1. The fourth-order valence-corrected chi connectivity index (χ4v) is 5.42. The summed E-state index contributed by atoms with van der Waals surface area (Å²) in [6.45, 7) is 2.60. The molecule has 0 spiro atoms. The third kappa shape index (κ3) is 6.16. The van der Waals surface area contributed by atoms with Crippen molar-refractivity contribution in [2.45, 2.75) is 44.2 Å². The zero-order valence-electron chi connectivity index (χ0n) is 21.8. The number of hydrogen-bond acceptors (Lipinski definition) is 7. The second-order valence-electron chi connectivity index (χ2n) is 9.10. The van der Waals surface area contributed by atoms with Gasteiger partial charge in [0.05, 0.1) is 10.6 Å². The summed E-state index contributed by atoms with van der Waals surface area (Å²) in [6, 6.07) is 24.1. The average Bonchev–Trinajstić information content (AvgIpc) is 3.62. The van der Waals surface area contributed by atoms with Crippen molar-refractivity contribution >= 4 is 21.6 Å². The van der Waals surface area contributed by atoms with Gasteiger partial charge in [0.1, 0.15) is 12.4 Å². The summed E-state index contributed by atoms with van der Waals surface area (Å²) in [5.41, 5.74) is 4.53. The number of H-pyrrole nitrogens is 1. The van der Waals surface area contributed by atoms with E-state index < -0.39 is 10.0 Å². The number of imidazole rings is 1. The highest BCUT2D eigenvalue weighted by Crippen LogP contribution is 2.30. The lowest BCUT2D eigenvalue weighted by Gasteiger charge is -2.12.